The zero-order chi connectivity index (χ0) is 15.4. The van der Waals surface area contributed by atoms with E-state index < -0.39 is 5.97 Å². The molecule has 0 saturated carbocycles. The Labute approximate surface area is 122 Å². The van der Waals surface area contributed by atoms with Gasteiger partial charge in [-0.25, -0.2) is 4.79 Å². The standard InChI is InChI=1S/C15H18N2O4/c1-10(2)17-8-12(7-16-17)21-9-11-4-5-13(15(18)19)14(6-11)20-3/h4-8,10H,9H2,1-3H3,(H,18,19). The zero-order valence-electron chi connectivity index (χ0n) is 12.2. The highest BCUT2D eigenvalue weighted by Gasteiger charge is 2.11. The van der Waals surface area contributed by atoms with Gasteiger partial charge in [0.1, 0.15) is 17.9 Å². The van der Waals surface area contributed by atoms with Gasteiger partial charge in [0.2, 0.25) is 0 Å². The lowest BCUT2D eigenvalue weighted by molar-refractivity contribution is 0.0693. The third-order valence-corrected chi connectivity index (χ3v) is 3.01. The van der Waals surface area contributed by atoms with Crippen LogP contribution in [-0.2, 0) is 6.61 Å². The Morgan fingerprint density at radius 3 is 2.76 bits per heavy atom. The summed E-state index contributed by atoms with van der Waals surface area (Å²) in [6.45, 7) is 4.39. The lowest BCUT2D eigenvalue weighted by atomic mass is 10.1. The molecule has 0 atom stereocenters. The summed E-state index contributed by atoms with van der Waals surface area (Å²) in [5.74, 6) is -0.0241. The van der Waals surface area contributed by atoms with Crippen LogP contribution in [0, 0.1) is 0 Å². The Morgan fingerprint density at radius 1 is 1.43 bits per heavy atom. The minimum Gasteiger partial charge on any atom is -0.496 e. The van der Waals surface area contributed by atoms with E-state index in [1.54, 1.807) is 18.3 Å². The lowest BCUT2D eigenvalue weighted by Crippen LogP contribution is -2.03. The first-order valence-corrected chi connectivity index (χ1v) is 6.58. The topological polar surface area (TPSA) is 73.6 Å². The summed E-state index contributed by atoms with van der Waals surface area (Å²) in [6, 6.07) is 5.16. The summed E-state index contributed by atoms with van der Waals surface area (Å²) in [5.41, 5.74) is 0.961. The number of aromatic carboxylic acids is 1. The number of nitrogens with zero attached hydrogens (tertiary/aromatic N) is 2. The number of benzene rings is 1. The Kier molecular flexibility index (Phi) is 4.47. The second-order valence-corrected chi connectivity index (χ2v) is 4.88. The molecule has 1 heterocycles. The van der Waals surface area contributed by atoms with Gasteiger partial charge in [0, 0.05) is 6.04 Å². The van der Waals surface area contributed by atoms with Crippen LogP contribution in [-0.4, -0.2) is 28.0 Å². The smallest absolute Gasteiger partial charge is 0.339 e. The maximum atomic E-state index is 11.0. The van der Waals surface area contributed by atoms with E-state index in [1.165, 1.54) is 13.2 Å². The lowest BCUT2D eigenvalue weighted by Gasteiger charge is -2.08. The van der Waals surface area contributed by atoms with Gasteiger partial charge in [-0.05, 0) is 31.5 Å². The highest BCUT2D eigenvalue weighted by Crippen LogP contribution is 2.21. The first kappa shape index (κ1) is 14.9. The molecule has 0 bridgehead atoms. The average Bonchev–Trinajstić information content (AvgIpc) is 2.93. The van der Waals surface area contributed by atoms with Crippen molar-refractivity contribution in [3.8, 4) is 11.5 Å². The fourth-order valence-corrected chi connectivity index (χ4v) is 1.85. The molecule has 0 aliphatic carbocycles. The predicted molar refractivity (Wildman–Crippen MR) is 76.9 cm³/mol. The Hall–Kier alpha value is -2.50. The number of carbonyl (C=O) groups is 1. The molecule has 112 valence electrons. The molecule has 1 aromatic heterocycles. The summed E-state index contributed by atoms with van der Waals surface area (Å²) < 4.78 is 12.5. The van der Waals surface area contributed by atoms with Crippen LogP contribution in [0.3, 0.4) is 0 Å². The third-order valence-electron chi connectivity index (χ3n) is 3.01. The van der Waals surface area contributed by atoms with Crippen LogP contribution in [0.5, 0.6) is 11.5 Å². The van der Waals surface area contributed by atoms with Crippen LogP contribution in [0.25, 0.3) is 0 Å². The maximum absolute atomic E-state index is 11.0. The molecule has 1 N–H and O–H groups in total. The molecular weight excluding hydrogens is 272 g/mol. The van der Waals surface area contributed by atoms with E-state index in [1.807, 2.05) is 24.7 Å². The molecule has 0 amide bonds. The van der Waals surface area contributed by atoms with Gasteiger partial charge < -0.3 is 14.6 Å². The second-order valence-electron chi connectivity index (χ2n) is 4.88. The van der Waals surface area contributed by atoms with Crippen LogP contribution in [0.15, 0.2) is 30.6 Å². The fourth-order valence-electron chi connectivity index (χ4n) is 1.85. The highest BCUT2D eigenvalue weighted by atomic mass is 16.5. The number of aromatic nitrogens is 2. The minimum atomic E-state index is -1.02. The van der Waals surface area contributed by atoms with E-state index in [0.717, 1.165) is 5.56 Å². The molecule has 0 spiro atoms. The summed E-state index contributed by atoms with van der Waals surface area (Å²) in [4.78, 5) is 11.0. The molecule has 6 heteroatoms. The quantitative estimate of drug-likeness (QED) is 0.885. The van der Waals surface area contributed by atoms with Crippen molar-refractivity contribution < 1.29 is 19.4 Å². The van der Waals surface area contributed by atoms with Gasteiger partial charge in [0.05, 0.1) is 19.5 Å². The average molecular weight is 290 g/mol. The zero-order valence-corrected chi connectivity index (χ0v) is 12.2. The molecule has 0 aliphatic heterocycles. The van der Waals surface area contributed by atoms with Crippen molar-refractivity contribution in [2.45, 2.75) is 26.5 Å². The minimum absolute atomic E-state index is 0.133. The molecule has 0 saturated heterocycles. The van der Waals surface area contributed by atoms with E-state index in [2.05, 4.69) is 5.10 Å². The largest absolute Gasteiger partial charge is 0.496 e. The van der Waals surface area contributed by atoms with Crippen molar-refractivity contribution in [1.82, 2.24) is 9.78 Å². The summed E-state index contributed by atoms with van der Waals surface area (Å²) >= 11 is 0. The highest BCUT2D eigenvalue weighted by molar-refractivity contribution is 5.90. The van der Waals surface area contributed by atoms with Gasteiger partial charge in [0.15, 0.2) is 5.75 Å². The number of rotatable bonds is 6. The molecule has 21 heavy (non-hydrogen) atoms. The van der Waals surface area contributed by atoms with Crippen LogP contribution in [0.1, 0.15) is 35.8 Å². The number of hydrogen-bond acceptors (Lipinski definition) is 4. The van der Waals surface area contributed by atoms with Crippen molar-refractivity contribution in [2.75, 3.05) is 7.11 Å². The molecule has 0 fully saturated rings. The van der Waals surface area contributed by atoms with Crippen LogP contribution in [0.4, 0.5) is 0 Å². The van der Waals surface area contributed by atoms with Crippen molar-refractivity contribution in [1.29, 1.82) is 0 Å². The molecule has 0 unspecified atom stereocenters. The van der Waals surface area contributed by atoms with E-state index in [-0.39, 0.29) is 11.6 Å². The first-order chi connectivity index (χ1) is 10.0. The van der Waals surface area contributed by atoms with E-state index >= 15 is 0 Å². The fraction of sp³-hybridized carbons (Fsp3) is 0.333. The SMILES string of the molecule is COc1cc(COc2cnn(C(C)C)c2)ccc1C(=O)O. The third kappa shape index (κ3) is 3.53. The van der Waals surface area contributed by atoms with E-state index in [4.69, 9.17) is 14.6 Å². The van der Waals surface area contributed by atoms with E-state index in [0.29, 0.717) is 18.1 Å². The van der Waals surface area contributed by atoms with Crippen LogP contribution in [0.2, 0.25) is 0 Å². The Bertz CT molecular complexity index is 634. The molecule has 0 aliphatic rings. The summed E-state index contributed by atoms with van der Waals surface area (Å²) in [7, 11) is 1.44. The van der Waals surface area contributed by atoms with Crippen molar-refractivity contribution in [3.63, 3.8) is 0 Å². The number of ether oxygens (including phenoxy) is 2. The predicted octanol–water partition coefficient (Wildman–Crippen LogP) is 2.75. The number of carboxylic acids is 1. The van der Waals surface area contributed by atoms with Crippen LogP contribution < -0.4 is 9.47 Å². The van der Waals surface area contributed by atoms with Gasteiger partial charge >= 0.3 is 5.97 Å². The number of hydrogen-bond donors (Lipinski definition) is 1. The van der Waals surface area contributed by atoms with Gasteiger partial charge in [0.25, 0.3) is 0 Å². The van der Waals surface area contributed by atoms with Gasteiger partial charge in [-0.1, -0.05) is 6.07 Å². The Balaban J connectivity index is 2.07. The van der Waals surface area contributed by atoms with Gasteiger partial charge in [-0.2, -0.15) is 5.10 Å². The summed E-state index contributed by atoms with van der Waals surface area (Å²) in [6.07, 6.45) is 3.48. The van der Waals surface area contributed by atoms with Gasteiger partial charge in [-0.3, -0.25) is 4.68 Å². The molecule has 0 radical (unpaired) electrons. The van der Waals surface area contributed by atoms with Gasteiger partial charge in [-0.15, -0.1) is 0 Å². The molecule has 1 aromatic carbocycles. The molecular formula is C15H18N2O4. The first-order valence-electron chi connectivity index (χ1n) is 6.58. The number of methoxy groups -OCH3 is 1. The monoisotopic (exact) mass is 290 g/mol. The molecule has 2 rings (SSSR count). The normalized spacial score (nSPS) is 10.7. The van der Waals surface area contributed by atoms with E-state index in [9.17, 15) is 4.79 Å². The molecule has 6 nitrogen and oxygen atoms in total. The maximum Gasteiger partial charge on any atom is 0.339 e. The molecule has 2 aromatic rings. The Morgan fingerprint density at radius 2 is 2.19 bits per heavy atom. The van der Waals surface area contributed by atoms with Crippen LogP contribution >= 0.6 is 0 Å². The van der Waals surface area contributed by atoms with Crippen molar-refractivity contribution in [2.24, 2.45) is 0 Å². The van der Waals surface area contributed by atoms with Crippen molar-refractivity contribution in [3.05, 3.63) is 41.7 Å². The second kappa shape index (κ2) is 6.30. The number of carboxylic acid groups (broad SMARTS) is 1. The summed E-state index contributed by atoms with van der Waals surface area (Å²) in [5, 5.41) is 13.2. The van der Waals surface area contributed by atoms with Crippen molar-refractivity contribution >= 4 is 5.97 Å².